The van der Waals surface area contributed by atoms with Gasteiger partial charge in [-0.25, -0.2) is 14.6 Å². The summed E-state index contributed by atoms with van der Waals surface area (Å²) >= 11 is 0. The number of aryl methyl sites for hydroxylation is 1. The first-order valence-corrected chi connectivity index (χ1v) is 9.73. The third kappa shape index (κ3) is 6.15. The SMILES string of the molecule is COc1cc(/C=N/NC(=O)CNc2ccc(C)cc2)ccc1OC(=O)c1ccccc1F. The van der Waals surface area contributed by atoms with Crippen LogP contribution in [0.15, 0.2) is 71.8 Å². The molecule has 3 rings (SSSR count). The summed E-state index contributed by atoms with van der Waals surface area (Å²) in [6.45, 7) is 2.05. The molecule has 0 aromatic heterocycles. The van der Waals surface area contributed by atoms with Gasteiger partial charge in [0.25, 0.3) is 5.91 Å². The topological polar surface area (TPSA) is 89.0 Å². The Hall–Kier alpha value is -4.20. The summed E-state index contributed by atoms with van der Waals surface area (Å²) in [7, 11) is 1.41. The Kier molecular flexibility index (Phi) is 7.53. The number of rotatable bonds is 8. The molecule has 1 amide bonds. The predicted octanol–water partition coefficient (Wildman–Crippen LogP) is 3.92. The van der Waals surface area contributed by atoms with Crippen LogP contribution in [0.4, 0.5) is 10.1 Å². The van der Waals surface area contributed by atoms with E-state index in [0.29, 0.717) is 5.56 Å². The number of hydrogen-bond acceptors (Lipinski definition) is 6. The first kappa shape index (κ1) is 22.5. The number of nitrogens with one attached hydrogen (secondary N) is 2. The zero-order chi connectivity index (χ0) is 22.9. The Labute approximate surface area is 184 Å². The summed E-state index contributed by atoms with van der Waals surface area (Å²) in [5, 5.41) is 6.92. The van der Waals surface area contributed by atoms with E-state index in [4.69, 9.17) is 9.47 Å². The molecule has 0 heterocycles. The number of anilines is 1. The van der Waals surface area contributed by atoms with Crippen LogP contribution in [0, 0.1) is 12.7 Å². The van der Waals surface area contributed by atoms with Gasteiger partial charge >= 0.3 is 5.97 Å². The molecule has 0 saturated carbocycles. The second-order valence-electron chi connectivity index (χ2n) is 6.79. The van der Waals surface area contributed by atoms with E-state index < -0.39 is 11.8 Å². The van der Waals surface area contributed by atoms with E-state index in [1.165, 1.54) is 37.6 Å². The standard InChI is InChI=1S/C24H22FN3O4/c1-16-7-10-18(11-8-16)26-15-23(29)28-27-14-17-9-12-21(22(13-17)31-2)32-24(30)19-5-3-4-6-20(19)25/h3-14,26H,15H2,1-2H3,(H,28,29)/b27-14+. The number of carbonyl (C=O) groups is 2. The number of hydrazone groups is 1. The molecular formula is C24H22FN3O4. The summed E-state index contributed by atoms with van der Waals surface area (Å²) in [5.41, 5.74) is 4.81. The van der Waals surface area contributed by atoms with Crippen molar-refractivity contribution in [3.8, 4) is 11.5 Å². The number of esters is 1. The van der Waals surface area contributed by atoms with Gasteiger partial charge in [-0.2, -0.15) is 5.10 Å². The molecule has 0 atom stereocenters. The fraction of sp³-hybridized carbons (Fsp3) is 0.125. The lowest BCUT2D eigenvalue weighted by molar-refractivity contribution is -0.119. The molecule has 8 heteroatoms. The lowest BCUT2D eigenvalue weighted by atomic mass is 10.2. The Bertz CT molecular complexity index is 1130. The number of ether oxygens (including phenoxy) is 2. The first-order valence-electron chi connectivity index (χ1n) is 9.73. The lowest BCUT2D eigenvalue weighted by Gasteiger charge is -2.10. The first-order chi connectivity index (χ1) is 15.5. The van der Waals surface area contributed by atoms with Gasteiger partial charge in [0.2, 0.25) is 0 Å². The van der Waals surface area contributed by atoms with Gasteiger partial charge in [-0.3, -0.25) is 4.79 Å². The molecule has 32 heavy (non-hydrogen) atoms. The normalized spacial score (nSPS) is 10.6. The van der Waals surface area contributed by atoms with Crippen LogP contribution in [0.25, 0.3) is 0 Å². The minimum atomic E-state index is -0.837. The third-order valence-electron chi connectivity index (χ3n) is 4.39. The summed E-state index contributed by atoms with van der Waals surface area (Å²) in [5.74, 6) is -1.44. The molecule has 0 spiro atoms. The van der Waals surface area contributed by atoms with Gasteiger partial charge in [-0.15, -0.1) is 0 Å². The highest BCUT2D eigenvalue weighted by molar-refractivity contribution is 5.92. The zero-order valence-electron chi connectivity index (χ0n) is 17.6. The van der Waals surface area contributed by atoms with E-state index >= 15 is 0 Å². The Morgan fingerprint density at radius 3 is 2.50 bits per heavy atom. The van der Waals surface area contributed by atoms with E-state index in [9.17, 15) is 14.0 Å². The number of hydrogen-bond donors (Lipinski definition) is 2. The van der Waals surface area contributed by atoms with Crippen LogP contribution in [0.2, 0.25) is 0 Å². The largest absolute Gasteiger partial charge is 0.493 e. The lowest BCUT2D eigenvalue weighted by Crippen LogP contribution is -2.25. The number of carbonyl (C=O) groups excluding carboxylic acids is 2. The van der Waals surface area contributed by atoms with Gasteiger partial charge in [0.15, 0.2) is 11.5 Å². The fourth-order valence-electron chi connectivity index (χ4n) is 2.70. The number of methoxy groups -OCH3 is 1. The smallest absolute Gasteiger partial charge is 0.346 e. The number of benzene rings is 3. The molecule has 0 fully saturated rings. The third-order valence-corrected chi connectivity index (χ3v) is 4.39. The maximum Gasteiger partial charge on any atom is 0.346 e. The Morgan fingerprint density at radius 1 is 1.03 bits per heavy atom. The van der Waals surface area contributed by atoms with Gasteiger partial charge in [-0.05, 0) is 55.0 Å². The second kappa shape index (κ2) is 10.7. The van der Waals surface area contributed by atoms with E-state index in [2.05, 4.69) is 15.8 Å². The van der Waals surface area contributed by atoms with Crippen molar-refractivity contribution in [3.05, 3.63) is 89.2 Å². The average Bonchev–Trinajstić information content (AvgIpc) is 2.79. The molecular weight excluding hydrogens is 413 g/mol. The molecule has 0 bridgehead atoms. The molecule has 0 unspecified atom stereocenters. The molecule has 0 saturated heterocycles. The Morgan fingerprint density at radius 2 is 1.78 bits per heavy atom. The molecule has 0 aliphatic carbocycles. The van der Waals surface area contributed by atoms with E-state index in [1.54, 1.807) is 18.2 Å². The minimum absolute atomic E-state index is 0.0641. The molecule has 0 radical (unpaired) electrons. The zero-order valence-corrected chi connectivity index (χ0v) is 17.6. The monoisotopic (exact) mass is 435 g/mol. The van der Waals surface area contributed by atoms with Crippen LogP contribution in [-0.4, -0.2) is 31.7 Å². The van der Waals surface area contributed by atoms with Gasteiger partial charge < -0.3 is 14.8 Å². The van der Waals surface area contributed by atoms with E-state index in [0.717, 1.165) is 11.3 Å². The van der Waals surface area contributed by atoms with Crippen LogP contribution in [0.1, 0.15) is 21.5 Å². The summed E-state index contributed by atoms with van der Waals surface area (Å²) in [6.07, 6.45) is 1.43. The summed E-state index contributed by atoms with van der Waals surface area (Å²) in [6, 6.07) is 17.9. The molecule has 0 aliphatic rings. The van der Waals surface area contributed by atoms with Crippen molar-refractivity contribution in [3.63, 3.8) is 0 Å². The van der Waals surface area contributed by atoms with Crippen LogP contribution in [0.3, 0.4) is 0 Å². The Balaban J connectivity index is 1.57. The molecule has 7 nitrogen and oxygen atoms in total. The van der Waals surface area contributed by atoms with E-state index in [1.807, 2.05) is 31.2 Å². The highest BCUT2D eigenvalue weighted by Gasteiger charge is 2.16. The van der Waals surface area contributed by atoms with Crippen molar-refractivity contribution >= 4 is 23.8 Å². The maximum atomic E-state index is 13.8. The van der Waals surface area contributed by atoms with Crippen LogP contribution in [-0.2, 0) is 4.79 Å². The van der Waals surface area contributed by atoms with Crippen molar-refractivity contribution in [2.75, 3.05) is 19.0 Å². The summed E-state index contributed by atoms with van der Waals surface area (Å²) in [4.78, 5) is 24.2. The molecule has 3 aromatic rings. The number of halogens is 1. The van der Waals surface area contributed by atoms with Crippen molar-refractivity contribution in [1.29, 1.82) is 0 Å². The number of amides is 1. The van der Waals surface area contributed by atoms with Crippen molar-refractivity contribution in [1.82, 2.24) is 5.43 Å². The molecule has 3 aromatic carbocycles. The maximum absolute atomic E-state index is 13.8. The minimum Gasteiger partial charge on any atom is -0.493 e. The number of nitrogens with zero attached hydrogens (tertiary/aromatic N) is 1. The van der Waals surface area contributed by atoms with Crippen molar-refractivity contribution in [2.45, 2.75) is 6.92 Å². The second-order valence-corrected chi connectivity index (χ2v) is 6.79. The molecule has 2 N–H and O–H groups in total. The highest BCUT2D eigenvalue weighted by Crippen LogP contribution is 2.28. The van der Waals surface area contributed by atoms with Crippen molar-refractivity contribution in [2.24, 2.45) is 5.10 Å². The quantitative estimate of drug-likeness (QED) is 0.242. The van der Waals surface area contributed by atoms with Gasteiger partial charge in [0.1, 0.15) is 5.82 Å². The van der Waals surface area contributed by atoms with Crippen LogP contribution < -0.4 is 20.2 Å². The van der Waals surface area contributed by atoms with E-state index in [-0.39, 0.29) is 29.5 Å². The van der Waals surface area contributed by atoms with Gasteiger partial charge in [-0.1, -0.05) is 29.8 Å². The van der Waals surface area contributed by atoms with Crippen LogP contribution in [0.5, 0.6) is 11.5 Å². The fourth-order valence-corrected chi connectivity index (χ4v) is 2.70. The van der Waals surface area contributed by atoms with Gasteiger partial charge in [0.05, 0.1) is 25.4 Å². The highest BCUT2D eigenvalue weighted by atomic mass is 19.1. The molecule has 0 aliphatic heterocycles. The van der Waals surface area contributed by atoms with Crippen molar-refractivity contribution < 1.29 is 23.5 Å². The van der Waals surface area contributed by atoms with Crippen LogP contribution >= 0.6 is 0 Å². The average molecular weight is 435 g/mol. The predicted molar refractivity (Wildman–Crippen MR) is 120 cm³/mol. The summed E-state index contributed by atoms with van der Waals surface area (Å²) < 4.78 is 24.3. The van der Waals surface area contributed by atoms with Gasteiger partial charge in [0, 0.05) is 5.69 Å². The molecule has 164 valence electrons.